The molecule has 150 valence electrons. The minimum atomic E-state index is -3.70. The van der Waals surface area contributed by atoms with Crippen LogP contribution in [0.25, 0.3) is 0 Å². The molecule has 0 saturated heterocycles. The summed E-state index contributed by atoms with van der Waals surface area (Å²) in [5.41, 5.74) is 3.12. The van der Waals surface area contributed by atoms with Gasteiger partial charge in [-0.15, -0.1) is 0 Å². The average molecular weight is 428 g/mol. The standard InChI is InChI=1S/C21H21N3O3S2/c1-15-5-3-4-6-20(15)23-21(28)22-16-9-13-19(14-10-16)29(25,26)24-17-7-11-18(27-2)12-8-17/h3-14,24H,1-2H3,(H2,22,23,28). The fraction of sp³-hybridized carbons (Fsp3) is 0.0952. The average Bonchev–Trinajstić information content (AvgIpc) is 2.70. The molecule has 3 rings (SSSR count). The fourth-order valence-corrected chi connectivity index (χ4v) is 3.87. The highest BCUT2D eigenvalue weighted by Gasteiger charge is 2.14. The van der Waals surface area contributed by atoms with Crippen LogP contribution in [0.3, 0.4) is 0 Å². The van der Waals surface area contributed by atoms with Crippen molar-refractivity contribution >= 4 is 44.4 Å². The van der Waals surface area contributed by atoms with Gasteiger partial charge < -0.3 is 15.4 Å². The van der Waals surface area contributed by atoms with Crippen LogP contribution in [-0.2, 0) is 10.0 Å². The number of para-hydroxylation sites is 1. The molecule has 0 saturated carbocycles. The first kappa shape index (κ1) is 20.6. The third-order valence-electron chi connectivity index (χ3n) is 4.16. The van der Waals surface area contributed by atoms with Crippen molar-refractivity contribution in [3.63, 3.8) is 0 Å². The largest absolute Gasteiger partial charge is 0.497 e. The third kappa shape index (κ3) is 5.46. The van der Waals surface area contributed by atoms with Crippen molar-refractivity contribution in [1.82, 2.24) is 0 Å². The van der Waals surface area contributed by atoms with Crippen LogP contribution in [0.4, 0.5) is 17.1 Å². The molecule has 8 heteroatoms. The Morgan fingerprint density at radius 2 is 1.48 bits per heavy atom. The van der Waals surface area contributed by atoms with Crippen molar-refractivity contribution in [3.05, 3.63) is 78.4 Å². The van der Waals surface area contributed by atoms with Crippen LogP contribution in [-0.4, -0.2) is 20.6 Å². The van der Waals surface area contributed by atoms with Gasteiger partial charge in [-0.2, -0.15) is 0 Å². The number of anilines is 3. The zero-order chi connectivity index (χ0) is 20.9. The summed E-state index contributed by atoms with van der Waals surface area (Å²) >= 11 is 5.33. The van der Waals surface area contributed by atoms with E-state index in [-0.39, 0.29) is 4.90 Å². The maximum Gasteiger partial charge on any atom is 0.261 e. The number of benzene rings is 3. The first-order valence-corrected chi connectivity index (χ1v) is 10.7. The lowest BCUT2D eigenvalue weighted by molar-refractivity contribution is 0.415. The van der Waals surface area contributed by atoms with Gasteiger partial charge in [-0.3, -0.25) is 4.72 Å². The van der Waals surface area contributed by atoms with E-state index in [2.05, 4.69) is 15.4 Å². The van der Waals surface area contributed by atoms with E-state index in [9.17, 15) is 8.42 Å². The summed E-state index contributed by atoms with van der Waals surface area (Å²) in [6, 6.07) is 20.8. The van der Waals surface area contributed by atoms with Gasteiger partial charge >= 0.3 is 0 Å². The Morgan fingerprint density at radius 1 is 0.862 bits per heavy atom. The second kappa shape index (κ2) is 8.93. The van der Waals surface area contributed by atoms with Crippen LogP contribution in [0.2, 0.25) is 0 Å². The Hall–Kier alpha value is -3.10. The minimum Gasteiger partial charge on any atom is -0.497 e. The van der Waals surface area contributed by atoms with E-state index in [4.69, 9.17) is 17.0 Å². The number of ether oxygens (including phenoxy) is 1. The molecule has 3 N–H and O–H groups in total. The summed E-state index contributed by atoms with van der Waals surface area (Å²) in [4.78, 5) is 0.150. The monoisotopic (exact) mass is 427 g/mol. The van der Waals surface area contributed by atoms with E-state index in [0.29, 0.717) is 22.2 Å². The van der Waals surface area contributed by atoms with Gasteiger partial charge in [0.1, 0.15) is 5.75 Å². The lowest BCUT2D eigenvalue weighted by Gasteiger charge is -2.13. The molecule has 0 aliphatic heterocycles. The van der Waals surface area contributed by atoms with Crippen molar-refractivity contribution < 1.29 is 13.2 Å². The van der Waals surface area contributed by atoms with Crippen molar-refractivity contribution in [3.8, 4) is 5.75 Å². The van der Waals surface area contributed by atoms with Gasteiger partial charge in [-0.05, 0) is 79.3 Å². The molecule has 0 aromatic heterocycles. The number of rotatable bonds is 6. The predicted octanol–water partition coefficient (Wildman–Crippen LogP) is 4.61. The predicted molar refractivity (Wildman–Crippen MR) is 121 cm³/mol. The van der Waals surface area contributed by atoms with Gasteiger partial charge in [0.25, 0.3) is 10.0 Å². The number of thiocarbonyl (C=S) groups is 1. The molecule has 0 aliphatic rings. The van der Waals surface area contributed by atoms with E-state index < -0.39 is 10.0 Å². The topological polar surface area (TPSA) is 79.5 Å². The summed E-state index contributed by atoms with van der Waals surface area (Å²) in [5.74, 6) is 0.652. The van der Waals surface area contributed by atoms with E-state index in [1.165, 1.54) is 12.1 Å². The number of nitrogens with one attached hydrogen (secondary N) is 3. The number of aryl methyl sites for hydroxylation is 1. The highest BCUT2D eigenvalue weighted by molar-refractivity contribution is 7.92. The molecule has 0 aliphatic carbocycles. The van der Waals surface area contributed by atoms with Gasteiger partial charge in [0.15, 0.2) is 5.11 Å². The third-order valence-corrected chi connectivity index (χ3v) is 5.76. The van der Waals surface area contributed by atoms with Crippen molar-refractivity contribution in [1.29, 1.82) is 0 Å². The number of hydrogen-bond acceptors (Lipinski definition) is 4. The van der Waals surface area contributed by atoms with E-state index in [1.807, 2.05) is 31.2 Å². The van der Waals surface area contributed by atoms with Crippen LogP contribution in [0.15, 0.2) is 77.7 Å². The molecule has 0 spiro atoms. The zero-order valence-electron chi connectivity index (χ0n) is 16.0. The minimum absolute atomic E-state index is 0.150. The Labute approximate surface area is 176 Å². The number of methoxy groups -OCH3 is 1. The molecule has 3 aromatic rings. The fourth-order valence-electron chi connectivity index (χ4n) is 2.59. The highest BCUT2D eigenvalue weighted by atomic mass is 32.2. The van der Waals surface area contributed by atoms with Crippen LogP contribution in [0.5, 0.6) is 5.75 Å². The van der Waals surface area contributed by atoms with Gasteiger partial charge in [0, 0.05) is 17.1 Å². The second-order valence-corrected chi connectivity index (χ2v) is 8.34. The van der Waals surface area contributed by atoms with Crippen LogP contribution < -0.4 is 20.1 Å². The van der Waals surface area contributed by atoms with E-state index in [1.54, 1.807) is 43.5 Å². The molecule has 3 aromatic carbocycles. The Kier molecular flexibility index (Phi) is 6.36. The molecule has 0 radical (unpaired) electrons. The summed E-state index contributed by atoms with van der Waals surface area (Å²) in [6.07, 6.45) is 0. The number of hydrogen-bond donors (Lipinski definition) is 3. The lowest BCUT2D eigenvalue weighted by atomic mass is 10.2. The molecular formula is C21H21N3O3S2. The Balaban J connectivity index is 1.65. The molecule has 0 heterocycles. The van der Waals surface area contributed by atoms with E-state index >= 15 is 0 Å². The first-order valence-electron chi connectivity index (χ1n) is 8.78. The molecule has 0 unspecified atom stereocenters. The molecule has 0 fully saturated rings. The molecule has 0 bridgehead atoms. The van der Waals surface area contributed by atoms with Crippen molar-refractivity contribution in [2.45, 2.75) is 11.8 Å². The number of sulfonamides is 1. The van der Waals surface area contributed by atoms with Gasteiger partial charge in [0.05, 0.1) is 12.0 Å². The summed E-state index contributed by atoms with van der Waals surface area (Å²) < 4.78 is 32.8. The Morgan fingerprint density at radius 3 is 2.10 bits per heavy atom. The zero-order valence-corrected chi connectivity index (χ0v) is 17.6. The Bertz CT molecular complexity index is 1100. The smallest absolute Gasteiger partial charge is 0.261 e. The maximum atomic E-state index is 12.6. The van der Waals surface area contributed by atoms with Crippen molar-refractivity contribution in [2.75, 3.05) is 22.5 Å². The van der Waals surface area contributed by atoms with Crippen LogP contribution in [0, 0.1) is 6.92 Å². The van der Waals surface area contributed by atoms with Crippen LogP contribution >= 0.6 is 12.2 Å². The second-order valence-electron chi connectivity index (χ2n) is 6.25. The molecule has 0 amide bonds. The molecule has 6 nitrogen and oxygen atoms in total. The molecule has 0 atom stereocenters. The summed E-state index contributed by atoms with van der Waals surface area (Å²) in [6.45, 7) is 1.99. The van der Waals surface area contributed by atoms with Crippen LogP contribution in [0.1, 0.15) is 5.56 Å². The van der Waals surface area contributed by atoms with E-state index in [0.717, 1.165) is 11.3 Å². The van der Waals surface area contributed by atoms with Gasteiger partial charge in [-0.1, -0.05) is 18.2 Å². The quantitative estimate of drug-likeness (QED) is 0.499. The molecular weight excluding hydrogens is 406 g/mol. The maximum absolute atomic E-state index is 12.6. The highest BCUT2D eigenvalue weighted by Crippen LogP contribution is 2.21. The van der Waals surface area contributed by atoms with Gasteiger partial charge in [-0.25, -0.2) is 8.42 Å². The normalized spacial score (nSPS) is 10.8. The summed E-state index contributed by atoms with van der Waals surface area (Å²) in [5, 5.41) is 6.60. The first-order chi connectivity index (χ1) is 13.9. The molecule has 29 heavy (non-hydrogen) atoms. The van der Waals surface area contributed by atoms with Crippen molar-refractivity contribution in [2.24, 2.45) is 0 Å². The summed E-state index contributed by atoms with van der Waals surface area (Å²) in [7, 11) is -2.15. The SMILES string of the molecule is COc1ccc(NS(=O)(=O)c2ccc(NC(=S)Nc3ccccc3C)cc2)cc1. The lowest BCUT2D eigenvalue weighted by Crippen LogP contribution is -2.19. The van der Waals surface area contributed by atoms with Gasteiger partial charge in [0.2, 0.25) is 0 Å².